The van der Waals surface area contributed by atoms with Crippen LogP contribution >= 0.6 is 21.6 Å². The van der Waals surface area contributed by atoms with E-state index in [2.05, 4.69) is 15.3 Å². The molecular weight excluding hydrogens is 296 g/mol. The second-order valence-electron chi connectivity index (χ2n) is 4.49. The molecular formula is C12H22N4O2S2. The fourth-order valence-corrected chi connectivity index (χ4v) is 4.85. The molecule has 20 heavy (non-hydrogen) atoms. The van der Waals surface area contributed by atoms with Crippen molar-refractivity contribution >= 4 is 27.5 Å². The third-order valence-electron chi connectivity index (χ3n) is 2.87. The number of hydrogen-bond donors (Lipinski definition) is 1. The second kappa shape index (κ2) is 12.2. The van der Waals surface area contributed by atoms with Crippen molar-refractivity contribution in [3.63, 3.8) is 0 Å². The number of ether oxygens (including phenoxy) is 1. The predicted octanol–water partition coefficient (Wildman–Crippen LogP) is 3.14. The summed E-state index contributed by atoms with van der Waals surface area (Å²) in [7, 11) is 3.96. The van der Waals surface area contributed by atoms with E-state index >= 15 is 0 Å². The minimum Gasteiger partial charge on any atom is -0.379 e. The van der Waals surface area contributed by atoms with Gasteiger partial charge in [-0.25, -0.2) is 0 Å². The Morgan fingerprint density at radius 1 is 1.45 bits per heavy atom. The number of rotatable bonds is 11. The van der Waals surface area contributed by atoms with E-state index in [0.29, 0.717) is 32.7 Å². The SMILES string of the molecule is [N-]=[N+]=NCCOCCNC(=O)CCCCC1CCSS1. The quantitative estimate of drug-likeness (QED) is 0.208. The maximum absolute atomic E-state index is 11.5. The summed E-state index contributed by atoms with van der Waals surface area (Å²) in [5.74, 6) is 1.37. The first-order valence-corrected chi connectivity index (χ1v) is 9.34. The maximum atomic E-state index is 11.5. The molecule has 1 heterocycles. The number of carbonyl (C=O) groups is 1. The summed E-state index contributed by atoms with van der Waals surface area (Å²) in [6.07, 6.45) is 5.24. The fourth-order valence-electron chi connectivity index (χ4n) is 1.83. The highest BCUT2D eigenvalue weighted by Crippen LogP contribution is 2.39. The lowest BCUT2D eigenvalue weighted by molar-refractivity contribution is -0.121. The predicted molar refractivity (Wildman–Crippen MR) is 84.8 cm³/mol. The molecule has 1 atom stereocenters. The molecule has 0 aromatic rings. The van der Waals surface area contributed by atoms with Crippen LogP contribution in [-0.2, 0) is 9.53 Å². The highest BCUT2D eigenvalue weighted by molar-refractivity contribution is 8.77. The molecule has 6 nitrogen and oxygen atoms in total. The molecule has 1 aliphatic rings. The van der Waals surface area contributed by atoms with E-state index < -0.39 is 0 Å². The Balaban J connectivity index is 1.83. The van der Waals surface area contributed by atoms with Crippen molar-refractivity contribution in [1.82, 2.24) is 5.32 Å². The highest BCUT2D eigenvalue weighted by Gasteiger charge is 2.15. The van der Waals surface area contributed by atoms with Gasteiger partial charge in [0.1, 0.15) is 0 Å². The molecule has 114 valence electrons. The summed E-state index contributed by atoms with van der Waals surface area (Å²) >= 11 is 0. The van der Waals surface area contributed by atoms with Gasteiger partial charge in [-0.2, -0.15) is 0 Å². The Morgan fingerprint density at radius 2 is 2.35 bits per heavy atom. The number of amides is 1. The van der Waals surface area contributed by atoms with Gasteiger partial charge >= 0.3 is 0 Å². The summed E-state index contributed by atoms with van der Waals surface area (Å²) in [6, 6.07) is 0. The van der Waals surface area contributed by atoms with Crippen LogP contribution < -0.4 is 5.32 Å². The van der Waals surface area contributed by atoms with Crippen LogP contribution in [0.25, 0.3) is 10.4 Å². The van der Waals surface area contributed by atoms with Crippen molar-refractivity contribution in [2.75, 3.05) is 32.1 Å². The van der Waals surface area contributed by atoms with Gasteiger partial charge in [-0.05, 0) is 24.8 Å². The van der Waals surface area contributed by atoms with Crippen molar-refractivity contribution in [1.29, 1.82) is 0 Å². The van der Waals surface area contributed by atoms with Crippen LogP contribution in [0.2, 0.25) is 0 Å². The molecule has 1 saturated heterocycles. The van der Waals surface area contributed by atoms with Crippen molar-refractivity contribution in [2.24, 2.45) is 5.11 Å². The van der Waals surface area contributed by atoms with Gasteiger partial charge in [-0.1, -0.05) is 33.1 Å². The molecule has 1 N–H and O–H groups in total. The van der Waals surface area contributed by atoms with Crippen LogP contribution in [0, 0.1) is 0 Å². The fraction of sp³-hybridized carbons (Fsp3) is 0.917. The van der Waals surface area contributed by atoms with Gasteiger partial charge in [0.25, 0.3) is 0 Å². The molecule has 1 fully saturated rings. The lowest BCUT2D eigenvalue weighted by Crippen LogP contribution is -2.27. The van der Waals surface area contributed by atoms with Crippen molar-refractivity contribution < 1.29 is 9.53 Å². The smallest absolute Gasteiger partial charge is 0.220 e. The summed E-state index contributed by atoms with van der Waals surface area (Å²) in [4.78, 5) is 14.2. The van der Waals surface area contributed by atoms with Crippen LogP contribution in [0.5, 0.6) is 0 Å². The molecule has 1 aliphatic heterocycles. The van der Waals surface area contributed by atoms with E-state index in [-0.39, 0.29) is 5.91 Å². The van der Waals surface area contributed by atoms with Gasteiger partial charge < -0.3 is 10.1 Å². The molecule has 0 saturated carbocycles. The van der Waals surface area contributed by atoms with E-state index in [9.17, 15) is 4.79 Å². The number of carbonyl (C=O) groups excluding carboxylic acids is 1. The van der Waals surface area contributed by atoms with Gasteiger partial charge in [0.05, 0.1) is 13.2 Å². The van der Waals surface area contributed by atoms with Gasteiger partial charge in [-0.3, -0.25) is 4.79 Å². The zero-order valence-corrected chi connectivity index (χ0v) is 13.3. The monoisotopic (exact) mass is 318 g/mol. The molecule has 0 aromatic heterocycles. The number of azide groups is 1. The number of nitrogens with one attached hydrogen (secondary N) is 1. The molecule has 0 radical (unpaired) electrons. The largest absolute Gasteiger partial charge is 0.379 e. The standard InChI is InChI=1S/C12H22N4O2S2/c13-16-15-7-9-18-8-6-14-12(17)4-2-1-3-11-5-10-19-20-11/h11H,1-10H2,(H,14,17). The Hall–Kier alpha value is -0.560. The summed E-state index contributed by atoms with van der Waals surface area (Å²) in [5, 5.41) is 6.98. The Labute approximate surface area is 127 Å². The highest BCUT2D eigenvalue weighted by atomic mass is 33.1. The minimum atomic E-state index is 0.0945. The van der Waals surface area contributed by atoms with E-state index in [4.69, 9.17) is 10.3 Å². The second-order valence-corrected chi connectivity index (χ2v) is 7.28. The number of unbranched alkanes of at least 4 members (excludes halogenated alkanes) is 1. The lowest BCUT2D eigenvalue weighted by atomic mass is 10.1. The van der Waals surface area contributed by atoms with Crippen LogP contribution in [0.15, 0.2) is 5.11 Å². The summed E-state index contributed by atoms with van der Waals surface area (Å²) in [6.45, 7) is 1.71. The first-order chi connectivity index (χ1) is 9.83. The molecule has 8 heteroatoms. The zero-order chi connectivity index (χ0) is 14.5. The molecule has 0 aliphatic carbocycles. The van der Waals surface area contributed by atoms with Crippen LogP contribution in [0.1, 0.15) is 32.1 Å². The average molecular weight is 318 g/mol. The van der Waals surface area contributed by atoms with Gasteiger partial charge in [0.15, 0.2) is 0 Å². The molecule has 1 rings (SSSR count). The molecule has 1 amide bonds. The molecule has 1 unspecified atom stereocenters. The van der Waals surface area contributed by atoms with Crippen LogP contribution in [-0.4, -0.2) is 43.2 Å². The zero-order valence-electron chi connectivity index (χ0n) is 11.6. The lowest BCUT2D eigenvalue weighted by Gasteiger charge is -2.07. The topological polar surface area (TPSA) is 87.1 Å². The Kier molecular flexibility index (Phi) is 10.7. The molecule has 0 aromatic carbocycles. The number of hydrogen-bond acceptors (Lipinski definition) is 5. The normalized spacial score (nSPS) is 17.7. The summed E-state index contributed by atoms with van der Waals surface area (Å²) in [5.41, 5.74) is 8.06. The molecule has 0 bridgehead atoms. The average Bonchev–Trinajstić information content (AvgIpc) is 2.96. The van der Waals surface area contributed by atoms with Crippen molar-refractivity contribution in [2.45, 2.75) is 37.4 Å². The van der Waals surface area contributed by atoms with Crippen LogP contribution in [0.3, 0.4) is 0 Å². The van der Waals surface area contributed by atoms with E-state index in [0.717, 1.165) is 18.1 Å². The first kappa shape index (κ1) is 17.5. The first-order valence-electron chi connectivity index (χ1n) is 6.96. The minimum absolute atomic E-state index is 0.0945. The van der Waals surface area contributed by atoms with E-state index in [1.807, 2.05) is 21.6 Å². The van der Waals surface area contributed by atoms with Crippen LogP contribution in [0.4, 0.5) is 0 Å². The van der Waals surface area contributed by atoms with E-state index in [1.165, 1.54) is 18.6 Å². The maximum Gasteiger partial charge on any atom is 0.220 e. The Morgan fingerprint density at radius 3 is 3.10 bits per heavy atom. The third kappa shape index (κ3) is 9.36. The number of nitrogens with zero attached hydrogens (tertiary/aromatic N) is 3. The van der Waals surface area contributed by atoms with Crippen molar-refractivity contribution in [3.05, 3.63) is 10.4 Å². The van der Waals surface area contributed by atoms with Gasteiger partial charge in [0, 0.05) is 35.4 Å². The third-order valence-corrected chi connectivity index (χ3v) is 5.88. The van der Waals surface area contributed by atoms with Gasteiger partial charge in [-0.15, -0.1) is 0 Å². The van der Waals surface area contributed by atoms with E-state index in [1.54, 1.807) is 0 Å². The van der Waals surface area contributed by atoms with Crippen molar-refractivity contribution in [3.8, 4) is 0 Å². The molecule has 0 spiro atoms. The Bertz CT molecular complexity index is 319. The van der Waals surface area contributed by atoms with Gasteiger partial charge in [0.2, 0.25) is 5.91 Å². The summed E-state index contributed by atoms with van der Waals surface area (Å²) < 4.78 is 5.19.